The molecule has 2 fully saturated rings. The van der Waals surface area contributed by atoms with Gasteiger partial charge in [0.1, 0.15) is 5.54 Å². The van der Waals surface area contributed by atoms with Crippen LogP contribution in [0.2, 0.25) is 0 Å². The molecule has 2 heterocycles. The molecule has 0 bridgehead atoms. The predicted molar refractivity (Wildman–Crippen MR) is 96.0 cm³/mol. The first-order valence-corrected chi connectivity index (χ1v) is 9.67. The molecular weight excluding hydrogens is 300 g/mol. The van der Waals surface area contributed by atoms with Crippen molar-refractivity contribution in [2.75, 3.05) is 19.6 Å². The van der Waals surface area contributed by atoms with E-state index in [9.17, 15) is 4.79 Å². The highest BCUT2D eigenvalue weighted by atomic mass is 16.2. The van der Waals surface area contributed by atoms with Crippen LogP contribution in [0.15, 0.2) is 0 Å². The standard InChI is InChI=1S/C19H32N4O/c1-15-17(16(2)22-21-15)9-12-20-18(24)19(10-5-3-6-11-19)23-13-7-4-8-14-23/h3-14H2,1-2H3,(H,20,24)(H,21,22). The van der Waals surface area contributed by atoms with Gasteiger partial charge in [-0.2, -0.15) is 5.10 Å². The van der Waals surface area contributed by atoms with E-state index in [-0.39, 0.29) is 11.4 Å². The maximum absolute atomic E-state index is 13.1. The van der Waals surface area contributed by atoms with E-state index in [2.05, 4.69) is 20.4 Å². The van der Waals surface area contributed by atoms with Crippen LogP contribution in [-0.2, 0) is 11.2 Å². The van der Waals surface area contributed by atoms with E-state index in [0.717, 1.165) is 43.7 Å². The molecule has 0 aromatic carbocycles. The third-order valence-electron chi connectivity index (χ3n) is 6.01. The molecule has 0 spiro atoms. The first-order valence-electron chi connectivity index (χ1n) is 9.67. The fourth-order valence-electron chi connectivity index (χ4n) is 4.55. The number of carbonyl (C=O) groups is 1. The Hall–Kier alpha value is -1.36. The second kappa shape index (κ2) is 7.68. The maximum Gasteiger partial charge on any atom is 0.240 e. The number of aromatic amines is 1. The van der Waals surface area contributed by atoms with Crippen LogP contribution in [-0.4, -0.2) is 46.2 Å². The molecule has 1 aliphatic heterocycles. The number of amides is 1. The fourth-order valence-corrected chi connectivity index (χ4v) is 4.55. The number of nitrogens with zero attached hydrogens (tertiary/aromatic N) is 2. The van der Waals surface area contributed by atoms with Crippen molar-refractivity contribution >= 4 is 5.91 Å². The average Bonchev–Trinajstić information content (AvgIpc) is 2.95. The summed E-state index contributed by atoms with van der Waals surface area (Å²) in [5.41, 5.74) is 3.17. The van der Waals surface area contributed by atoms with E-state index in [1.165, 1.54) is 44.1 Å². The molecule has 0 radical (unpaired) electrons. The van der Waals surface area contributed by atoms with Gasteiger partial charge in [-0.15, -0.1) is 0 Å². The first kappa shape index (κ1) is 17.5. The van der Waals surface area contributed by atoms with Gasteiger partial charge in [0.05, 0.1) is 5.69 Å². The molecule has 1 amide bonds. The van der Waals surface area contributed by atoms with Gasteiger partial charge in [-0.25, -0.2) is 0 Å². The number of aryl methyl sites for hydroxylation is 2. The number of likely N-dealkylation sites (tertiary alicyclic amines) is 1. The largest absolute Gasteiger partial charge is 0.354 e. The van der Waals surface area contributed by atoms with Gasteiger partial charge in [-0.05, 0) is 64.6 Å². The summed E-state index contributed by atoms with van der Waals surface area (Å²) >= 11 is 0. The quantitative estimate of drug-likeness (QED) is 0.871. The molecule has 1 aliphatic carbocycles. The Kier molecular flexibility index (Phi) is 5.59. The molecule has 0 atom stereocenters. The van der Waals surface area contributed by atoms with Crippen molar-refractivity contribution in [2.45, 2.75) is 77.2 Å². The molecule has 134 valence electrons. The highest BCUT2D eigenvalue weighted by molar-refractivity contribution is 5.86. The summed E-state index contributed by atoms with van der Waals surface area (Å²) < 4.78 is 0. The molecule has 1 saturated carbocycles. The topological polar surface area (TPSA) is 61.0 Å². The van der Waals surface area contributed by atoms with Crippen LogP contribution in [0.5, 0.6) is 0 Å². The van der Waals surface area contributed by atoms with E-state index in [1.807, 2.05) is 13.8 Å². The number of carbonyl (C=O) groups excluding carboxylic acids is 1. The van der Waals surface area contributed by atoms with Gasteiger partial charge in [-0.1, -0.05) is 25.7 Å². The maximum atomic E-state index is 13.1. The van der Waals surface area contributed by atoms with E-state index in [1.54, 1.807) is 0 Å². The summed E-state index contributed by atoms with van der Waals surface area (Å²) in [5.74, 6) is 0.267. The molecule has 1 aromatic rings. The lowest BCUT2D eigenvalue weighted by Gasteiger charge is -2.46. The smallest absolute Gasteiger partial charge is 0.240 e. The summed E-state index contributed by atoms with van der Waals surface area (Å²) in [4.78, 5) is 15.6. The van der Waals surface area contributed by atoms with Crippen LogP contribution < -0.4 is 5.32 Å². The highest BCUT2D eigenvalue weighted by Gasteiger charge is 2.44. The predicted octanol–water partition coefficient (Wildman–Crippen LogP) is 2.87. The molecule has 0 unspecified atom stereocenters. The Bertz CT molecular complexity index is 534. The SMILES string of the molecule is Cc1n[nH]c(C)c1CCNC(=O)C1(N2CCCCC2)CCCCC1. The lowest BCUT2D eigenvalue weighted by Crippen LogP contribution is -2.61. The Morgan fingerprint density at radius 3 is 2.42 bits per heavy atom. The first-order chi connectivity index (χ1) is 11.6. The van der Waals surface area contributed by atoms with Crippen molar-refractivity contribution < 1.29 is 4.79 Å². The number of rotatable bonds is 5. The zero-order chi connectivity index (χ0) is 17.0. The second-order valence-electron chi connectivity index (χ2n) is 7.56. The minimum Gasteiger partial charge on any atom is -0.354 e. The second-order valence-corrected chi connectivity index (χ2v) is 7.56. The summed E-state index contributed by atoms with van der Waals surface area (Å²) in [7, 11) is 0. The van der Waals surface area contributed by atoms with Crippen molar-refractivity contribution in [3.05, 3.63) is 17.0 Å². The number of H-pyrrole nitrogens is 1. The number of hydrogen-bond donors (Lipinski definition) is 2. The van der Waals surface area contributed by atoms with Crippen LogP contribution in [0.3, 0.4) is 0 Å². The zero-order valence-corrected chi connectivity index (χ0v) is 15.3. The molecule has 3 rings (SSSR count). The van der Waals surface area contributed by atoms with Crippen molar-refractivity contribution in [1.29, 1.82) is 0 Å². The molecule has 1 saturated heterocycles. The lowest BCUT2D eigenvalue weighted by molar-refractivity contribution is -0.137. The van der Waals surface area contributed by atoms with Gasteiger partial charge in [0.15, 0.2) is 0 Å². The third kappa shape index (κ3) is 3.51. The summed E-state index contributed by atoms with van der Waals surface area (Å²) in [6.45, 7) is 6.96. The zero-order valence-electron chi connectivity index (χ0n) is 15.3. The average molecular weight is 332 g/mol. The van der Waals surface area contributed by atoms with Gasteiger partial charge >= 0.3 is 0 Å². The fraction of sp³-hybridized carbons (Fsp3) is 0.789. The van der Waals surface area contributed by atoms with Gasteiger partial charge < -0.3 is 5.32 Å². The Labute approximate surface area is 145 Å². The molecule has 24 heavy (non-hydrogen) atoms. The summed E-state index contributed by atoms with van der Waals surface area (Å²) in [6.07, 6.45) is 10.4. The molecule has 2 aliphatic rings. The van der Waals surface area contributed by atoms with Crippen LogP contribution in [0.1, 0.15) is 68.3 Å². The van der Waals surface area contributed by atoms with Gasteiger partial charge in [0.2, 0.25) is 5.91 Å². The number of hydrogen-bond acceptors (Lipinski definition) is 3. The van der Waals surface area contributed by atoms with Crippen LogP contribution >= 0.6 is 0 Å². The minimum atomic E-state index is -0.237. The van der Waals surface area contributed by atoms with E-state index in [4.69, 9.17) is 0 Å². The number of piperidine rings is 1. The van der Waals surface area contributed by atoms with Gasteiger partial charge in [-0.3, -0.25) is 14.8 Å². The van der Waals surface area contributed by atoms with Crippen LogP contribution in [0, 0.1) is 13.8 Å². The number of aromatic nitrogens is 2. The monoisotopic (exact) mass is 332 g/mol. The number of nitrogens with one attached hydrogen (secondary N) is 2. The Morgan fingerprint density at radius 2 is 1.79 bits per heavy atom. The Balaban J connectivity index is 1.63. The highest BCUT2D eigenvalue weighted by Crippen LogP contribution is 2.35. The van der Waals surface area contributed by atoms with E-state index < -0.39 is 0 Å². The molecule has 2 N–H and O–H groups in total. The Morgan fingerprint density at radius 1 is 1.12 bits per heavy atom. The van der Waals surface area contributed by atoms with E-state index in [0.29, 0.717) is 6.54 Å². The minimum absolute atomic E-state index is 0.237. The molecule has 1 aromatic heterocycles. The summed E-state index contributed by atoms with van der Waals surface area (Å²) in [6, 6.07) is 0. The van der Waals surface area contributed by atoms with Crippen LogP contribution in [0.25, 0.3) is 0 Å². The van der Waals surface area contributed by atoms with Crippen molar-refractivity contribution in [3.8, 4) is 0 Å². The molecule has 5 heteroatoms. The van der Waals surface area contributed by atoms with Crippen molar-refractivity contribution in [1.82, 2.24) is 20.4 Å². The molecule has 5 nitrogen and oxygen atoms in total. The van der Waals surface area contributed by atoms with Crippen LogP contribution in [0.4, 0.5) is 0 Å². The lowest BCUT2D eigenvalue weighted by atomic mass is 9.78. The van der Waals surface area contributed by atoms with Crippen molar-refractivity contribution in [3.63, 3.8) is 0 Å². The van der Waals surface area contributed by atoms with Gasteiger partial charge in [0, 0.05) is 12.2 Å². The third-order valence-corrected chi connectivity index (χ3v) is 6.01. The molecular formula is C19H32N4O. The van der Waals surface area contributed by atoms with Gasteiger partial charge in [0.25, 0.3) is 0 Å². The van der Waals surface area contributed by atoms with Crippen molar-refractivity contribution in [2.24, 2.45) is 0 Å². The normalized spacial score (nSPS) is 21.6. The van der Waals surface area contributed by atoms with E-state index >= 15 is 0 Å². The summed E-state index contributed by atoms with van der Waals surface area (Å²) in [5, 5.41) is 10.5.